The van der Waals surface area contributed by atoms with E-state index in [1.165, 1.54) is 5.56 Å². The number of β-amino-alcohol motifs (C(OH)–C–C–N with tert-alkyl or cyclic N) is 1. The number of rotatable bonds is 6. The number of aliphatic hydroxyl groups excluding tert-OH is 1. The van der Waals surface area contributed by atoms with Crippen LogP contribution in [0.25, 0.3) is 0 Å². The van der Waals surface area contributed by atoms with Crippen LogP contribution in [0.2, 0.25) is 0 Å². The molecule has 6 heteroatoms. The third kappa shape index (κ3) is 3.39. The smallest absolute Gasteiger partial charge is 0.125 e. The van der Waals surface area contributed by atoms with Crippen molar-refractivity contribution in [3.05, 3.63) is 41.2 Å². The Kier molecular flexibility index (Phi) is 5.06. The van der Waals surface area contributed by atoms with E-state index < -0.39 is 6.10 Å². The van der Waals surface area contributed by atoms with Gasteiger partial charge < -0.3 is 14.6 Å². The molecule has 0 aliphatic carbocycles. The Morgan fingerprint density at radius 2 is 2.00 bits per heavy atom. The summed E-state index contributed by atoms with van der Waals surface area (Å²) < 4.78 is 12.7. The highest BCUT2D eigenvalue weighted by Gasteiger charge is 2.29. The average Bonchev–Trinajstić information content (AvgIpc) is 2.99. The largest absolute Gasteiger partial charge is 0.496 e. The molecule has 0 fully saturated rings. The van der Waals surface area contributed by atoms with Crippen LogP contribution in [0, 0.1) is 0 Å². The van der Waals surface area contributed by atoms with Gasteiger partial charge in [0.25, 0.3) is 0 Å². The number of ether oxygens (including phenoxy) is 2. The highest BCUT2D eigenvalue weighted by atomic mass is 16.5. The van der Waals surface area contributed by atoms with Crippen LogP contribution in [0.5, 0.6) is 11.5 Å². The molecule has 0 unspecified atom stereocenters. The Morgan fingerprint density at radius 1 is 1.25 bits per heavy atom. The van der Waals surface area contributed by atoms with Crippen LogP contribution in [0.3, 0.4) is 0 Å². The van der Waals surface area contributed by atoms with Crippen LogP contribution in [0.15, 0.2) is 24.5 Å². The Hall–Kier alpha value is -2.05. The fourth-order valence-corrected chi connectivity index (χ4v) is 3.42. The molecule has 2 heterocycles. The van der Waals surface area contributed by atoms with Crippen LogP contribution >= 0.6 is 0 Å². The summed E-state index contributed by atoms with van der Waals surface area (Å²) in [5.41, 5.74) is 3.13. The third-order valence-corrected chi connectivity index (χ3v) is 4.56. The number of aryl methyl sites for hydroxylation is 2. The first kappa shape index (κ1) is 16.8. The third-order valence-electron chi connectivity index (χ3n) is 4.56. The molecule has 0 bridgehead atoms. The normalized spacial score (nSPS) is 17.6. The van der Waals surface area contributed by atoms with Crippen LogP contribution < -0.4 is 9.47 Å². The van der Waals surface area contributed by atoms with Gasteiger partial charge in [-0.2, -0.15) is 5.10 Å². The van der Waals surface area contributed by atoms with Gasteiger partial charge in [0.2, 0.25) is 0 Å². The molecule has 1 N–H and O–H groups in total. The highest BCUT2D eigenvalue weighted by Crippen LogP contribution is 2.39. The van der Waals surface area contributed by atoms with Crippen LogP contribution in [-0.2, 0) is 20.0 Å². The summed E-state index contributed by atoms with van der Waals surface area (Å²) in [5.74, 6) is 1.54. The standard InChI is InChI=1S/C18H25N3O3/c1-20-10-13(9-19-20)5-4-8-21-11-14-16(23-2)6-7-17(24-3)18(14)15(22)12-21/h6-7,9-10,15,22H,4-5,8,11-12H2,1-3H3/t15-/m1/s1. The van der Waals surface area contributed by atoms with E-state index in [0.29, 0.717) is 6.54 Å². The Bertz CT molecular complexity index is 699. The maximum atomic E-state index is 10.6. The van der Waals surface area contributed by atoms with E-state index in [1.54, 1.807) is 14.2 Å². The highest BCUT2D eigenvalue weighted by molar-refractivity contribution is 5.51. The molecule has 0 saturated carbocycles. The fraction of sp³-hybridized carbons (Fsp3) is 0.500. The number of aromatic nitrogens is 2. The molecule has 1 atom stereocenters. The molecule has 1 aromatic heterocycles. The Labute approximate surface area is 142 Å². The first-order valence-corrected chi connectivity index (χ1v) is 8.24. The van der Waals surface area contributed by atoms with Crippen molar-refractivity contribution in [1.82, 2.24) is 14.7 Å². The summed E-state index contributed by atoms with van der Waals surface area (Å²) in [5, 5.41) is 14.8. The predicted molar refractivity (Wildman–Crippen MR) is 91.3 cm³/mol. The van der Waals surface area contributed by atoms with Gasteiger partial charge in [0.1, 0.15) is 11.5 Å². The van der Waals surface area contributed by atoms with Crippen molar-refractivity contribution in [3.63, 3.8) is 0 Å². The lowest BCUT2D eigenvalue weighted by atomic mass is 9.95. The number of methoxy groups -OCH3 is 2. The molecule has 6 nitrogen and oxygen atoms in total. The van der Waals surface area contributed by atoms with Gasteiger partial charge in [0, 0.05) is 37.5 Å². The SMILES string of the molecule is COc1ccc(OC)c2c1CN(CCCc1cnn(C)c1)C[C@H]2O. The van der Waals surface area contributed by atoms with Crippen molar-refractivity contribution >= 4 is 0 Å². The van der Waals surface area contributed by atoms with Crippen LogP contribution in [0.4, 0.5) is 0 Å². The molecule has 0 saturated heterocycles. The number of benzene rings is 1. The lowest BCUT2D eigenvalue weighted by Gasteiger charge is -2.34. The van der Waals surface area contributed by atoms with E-state index in [2.05, 4.69) is 10.00 Å². The van der Waals surface area contributed by atoms with Crippen LogP contribution in [0.1, 0.15) is 29.2 Å². The second-order valence-electron chi connectivity index (χ2n) is 6.24. The van der Waals surface area contributed by atoms with E-state index in [0.717, 1.165) is 48.6 Å². The minimum atomic E-state index is -0.558. The van der Waals surface area contributed by atoms with E-state index in [-0.39, 0.29) is 0 Å². The second-order valence-corrected chi connectivity index (χ2v) is 6.24. The maximum Gasteiger partial charge on any atom is 0.125 e. The van der Waals surface area contributed by atoms with Crippen molar-refractivity contribution in [3.8, 4) is 11.5 Å². The monoisotopic (exact) mass is 331 g/mol. The first-order valence-electron chi connectivity index (χ1n) is 8.24. The van der Waals surface area contributed by atoms with Gasteiger partial charge >= 0.3 is 0 Å². The number of fused-ring (bicyclic) bond motifs is 1. The Morgan fingerprint density at radius 3 is 2.67 bits per heavy atom. The Balaban J connectivity index is 1.69. The van der Waals surface area contributed by atoms with Gasteiger partial charge in [0.15, 0.2) is 0 Å². The summed E-state index contributed by atoms with van der Waals surface area (Å²) >= 11 is 0. The van der Waals surface area contributed by atoms with E-state index in [1.807, 2.05) is 36.3 Å². The first-order chi connectivity index (χ1) is 11.6. The molecule has 130 valence electrons. The summed E-state index contributed by atoms with van der Waals surface area (Å²) in [6, 6.07) is 3.77. The second kappa shape index (κ2) is 7.23. The molecule has 0 radical (unpaired) electrons. The maximum absolute atomic E-state index is 10.6. The van der Waals surface area contributed by atoms with E-state index >= 15 is 0 Å². The van der Waals surface area contributed by atoms with E-state index in [4.69, 9.17) is 9.47 Å². The molecule has 1 aliphatic rings. The molecular formula is C18H25N3O3. The number of nitrogens with zero attached hydrogens (tertiary/aromatic N) is 3. The van der Waals surface area contributed by atoms with Crippen molar-refractivity contribution in [2.75, 3.05) is 27.3 Å². The molecule has 2 aromatic rings. The average molecular weight is 331 g/mol. The van der Waals surface area contributed by atoms with Gasteiger partial charge in [-0.25, -0.2) is 0 Å². The summed E-state index contributed by atoms with van der Waals surface area (Å²) in [6.07, 6.45) is 5.42. The lowest BCUT2D eigenvalue weighted by molar-refractivity contribution is 0.0878. The topological polar surface area (TPSA) is 59.8 Å². The molecule has 3 rings (SSSR count). The van der Waals surface area contributed by atoms with Crippen molar-refractivity contribution in [1.29, 1.82) is 0 Å². The minimum Gasteiger partial charge on any atom is -0.496 e. The van der Waals surface area contributed by atoms with Gasteiger partial charge in [-0.1, -0.05) is 0 Å². The lowest BCUT2D eigenvalue weighted by Crippen LogP contribution is -2.35. The number of aliphatic hydroxyl groups is 1. The fourth-order valence-electron chi connectivity index (χ4n) is 3.42. The summed E-state index contributed by atoms with van der Waals surface area (Å²) in [7, 11) is 5.23. The van der Waals surface area contributed by atoms with Crippen molar-refractivity contribution in [2.45, 2.75) is 25.5 Å². The van der Waals surface area contributed by atoms with Gasteiger partial charge in [0.05, 0.1) is 26.5 Å². The van der Waals surface area contributed by atoms with Gasteiger partial charge in [-0.05, 0) is 37.1 Å². The van der Waals surface area contributed by atoms with E-state index in [9.17, 15) is 5.11 Å². The van der Waals surface area contributed by atoms with Crippen molar-refractivity contribution in [2.24, 2.45) is 7.05 Å². The quantitative estimate of drug-likeness (QED) is 0.876. The van der Waals surface area contributed by atoms with Crippen molar-refractivity contribution < 1.29 is 14.6 Å². The minimum absolute atomic E-state index is 0.558. The van der Waals surface area contributed by atoms with Gasteiger partial charge in [-0.3, -0.25) is 9.58 Å². The predicted octanol–water partition coefficient (Wildman–Crippen LogP) is 1.92. The number of hydrogen-bond acceptors (Lipinski definition) is 5. The zero-order valence-electron chi connectivity index (χ0n) is 14.5. The summed E-state index contributed by atoms with van der Waals surface area (Å²) in [6.45, 7) is 2.30. The zero-order valence-corrected chi connectivity index (χ0v) is 14.5. The van der Waals surface area contributed by atoms with Gasteiger partial charge in [-0.15, -0.1) is 0 Å². The zero-order chi connectivity index (χ0) is 17.1. The van der Waals surface area contributed by atoms with Crippen LogP contribution in [-0.4, -0.2) is 47.1 Å². The molecule has 1 aromatic carbocycles. The number of hydrogen-bond donors (Lipinski definition) is 1. The molecule has 0 amide bonds. The molecular weight excluding hydrogens is 306 g/mol. The molecule has 1 aliphatic heterocycles. The molecule has 24 heavy (non-hydrogen) atoms. The molecule has 0 spiro atoms. The summed E-state index contributed by atoms with van der Waals surface area (Å²) in [4.78, 5) is 2.27.